The molecule has 17 heavy (non-hydrogen) atoms. The van der Waals surface area contributed by atoms with Gasteiger partial charge < -0.3 is 5.32 Å². The van der Waals surface area contributed by atoms with E-state index in [0.29, 0.717) is 0 Å². The van der Waals surface area contributed by atoms with E-state index in [2.05, 4.69) is 43.4 Å². The quantitative estimate of drug-likeness (QED) is 0.754. The van der Waals surface area contributed by atoms with Crippen LogP contribution in [-0.2, 0) is 6.42 Å². The summed E-state index contributed by atoms with van der Waals surface area (Å²) in [7, 11) is 0. The third kappa shape index (κ3) is 3.85. The molecule has 0 saturated heterocycles. The minimum atomic E-state index is 0.781. The maximum Gasteiger partial charge on any atom is 0.00953 e. The average Bonchev–Trinajstić information content (AvgIpc) is 3.14. The van der Waals surface area contributed by atoms with E-state index < -0.39 is 0 Å². The molecule has 1 saturated carbocycles. The van der Waals surface area contributed by atoms with Gasteiger partial charge in [-0.2, -0.15) is 0 Å². The minimum Gasteiger partial charge on any atom is -0.314 e. The molecule has 2 rings (SSSR count). The van der Waals surface area contributed by atoms with E-state index >= 15 is 0 Å². The molecule has 94 valence electrons. The molecule has 1 aromatic carbocycles. The Balaban J connectivity index is 1.76. The van der Waals surface area contributed by atoms with Gasteiger partial charge in [0.1, 0.15) is 0 Å². The molecule has 0 heterocycles. The molecule has 1 aliphatic carbocycles. The van der Waals surface area contributed by atoms with Crippen LogP contribution in [0.4, 0.5) is 0 Å². The van der Waals surface area contributed by atoms with Crippen LogP contribution in [0.5, 0.6) is 0 Å². The molecule has 1 aromatic rings. The molecule has 1 atom stereocenters. The predicted octanol–water partition coefficient (Wildman–Crippen LogP) is 3.71. The molecule has 0 spiro atoms. The van der Waals surface area contributed by atoms with Crippen molar-refractivity contribution in [2.75, 3.05) is 6.54 Å². The van der Waals surface area contributed by atoms with E-state index in [9.17, 15) is 0 Å². The van der Waals surface area contributed by atoms with Crippen LogP contribution in [0.25, 0.3) is 0 Å². The molecular formula is C16H25N. The van der Waals surface area contributed by atoms with Gasteiger partial charge in [0.25, 0.3) is 0 Å². The van der Waals surface area contributed by atoms with E-state index in [4.69, 9.17) is 0 Å². The zero-order valence-corrected chi connectivity index (χ0v) is 11.2. The Hall–Kier alpha value is -0.820. The molecule has 1 nitrogen and oxygen atoms in total. The van der Waals surface area contributed by atoms with Gasteiger partial charge in [-0.25, -0.2) is 0 Å². The maximum absolute atomic E-state index is 3.65. The Morgan fingerprint density at radius 1 is 1.29 bits per heavy atom. The van der Waals surface area contributed by atoms with Gasteiger partial charge in [-0.3, -0.25) is 0 Å². The van der Waals surface area contributed by atoms with Crippen molar-refractivity contribution in [2.24, 2.45) is 5.92 Å². The number of hydrogen-bond donors (Lipinski definition) is 1. The molecule has 0 bridgehead atoms. The summed E-state index contributed by atoms with van der Waals surface area (Å²) in [5, 5.41) is 3.65. The molecule has 1 fully saturated rings. The summed E-state index contributed by atoms with van der Waals surface area (Å²) in [5.74, 6) is 0.979. The first-order valence-corrected chi connectivity index (χ1v) is 7.09. The fourth-order valence-corrected chi connectivity index (χ4v) is 2.67. The third-order valence-corrected chi connectivity index (χ3v) is 3.88. The van der Waals surface area contributed by atoms with Gasteiger partial charge in [0, 0.05) is 6.04 Å². The van der Waals surface area contributed by atoms with Crippen molar-refractivity contribution in [1.82, 2.24) is 5.32 Å². The zero-order chi connectivity index (χ0) is 12.1. The van der Waals surface area contributed by atoms with Crippen LogP contribution in [-0.4, -0.2) is 12.6 Å². The summed E-state index contributed by atoms with van der Waals surface area (Å²) >= 11 is 0. The Kier molecular flexibility index (Phi) is 4.61. The topological polar surface area (TPSA) is 12.0 Å². The summed E-state index contributed by atoms with van der Waals surface area (Å²) < 4.78 is 0. The van der Waals surface area contributed by atoms with Gasteiger partial charge in [-0.15, -0.1) is 0 Å². The molecule has 0 aliphatic heterocycles. The van der Waals surface area contributed by atoms with Crippen LogP contribution in [0.1, 0.15) is 43.7 Å². The summed E-state index contributed by atoms with van der Waals surface area (Å²) in [5.41, 5.74) is 2.97. The standard InChI is InChI=1S/C16H25N/c1-3-17-16(15-11-12-15)10-6-9-14-8-5-4-7-13(14)2/h4-5,7-8,15-17H,3,6,9-12H2,1-2H3. The largest absolute Gasteiger partial charge is 0.314 e. The zero-order valence-electron chi connectivity index (χ0n) is 11.2. The van der Waals surface area contributed by atoms with Crippen LogP contribution >= 0.6 is 0 Å². The van der Waals surface area contributed by atoms with Gasteiger partial charge in [-0.05, 0) is 62.6 Å². The van der Waals surface area contributed by atoms with Crippen molar-refractivity contribution < 1.29 is 0 Å². The Bertz CT molecular complexity index is 341. The fourth-order valence-electron chi connectivity index (χ4n) is 2.67. The van der Waals surface area contributed by atoms with Crippen molar-refractivity contribution in [2.45, 2.75) is 52.0 Å². The molecule has 0 amide bonds. The van der Waals surface area contributed by atoms with Gasteiger partial charge >= 0.3 is 0 Å². The Morgan fingerprint density at radius 3 is 2.71 bits per heavy atom. The van der Waals surface area contributed by atoms with E-state index in [1.165, 1.54) is 43.2 Å². The SMILES string of the molecule is CCNC(CCCc1ccccc1C)C1CC1. The number of rotatable bonds is 7. The molecule has 1 N–H and O–H groups in total. The monoisotopic (exact) mass is 231 g/mol. The van der Waals surface area contributed by atoms with Crippen molar-refractivity contribution in [1.29, 1.82) is 0 Å². The molecule has 1 unspecified atom stereocenters. The Labute approximate surface area is 106 Å². The van der Waals surface area contributed by atoms with Crippen molar-refractivity contribution in [3.63, 3.8) is 0 Å². The van der Waals surface area contributed by atoms with Gasteiger partial charge in [0.2, 0.25) is 0 Å². The summed E-state index contributed by atoms with van der Waals surface area (Å²) in [6.45, 7) is 5.56. The fraction of sp³-hybridized carbons (Fsp3) is 0.625. The average molecular weight is 231 g/mol. The smallest absolute Gasteiger partial charge is 0.00953 e. The second-order valence-electron chi connectivity index (χ2n) is 5.32. The minimum absolute atomic E-state index is 0.781. The van der Waals surface area contributed by atoms with Gasteiger partial charge in [-0.1, -0.05) is 31.2 Å². The normalized spacial score (nSPS) is 17.1. The number of hydrogen-bond acceptors (Lipinski definition) is 1. The van der Waals surface area contributed by atoms with E-state index in [1.807, 2.05) is 0 Å². The van der Waals surface area contributed by atoms with E-state index in [-0.39, 0.29) is 0 Å². The van der Waals surface area contributed by atoms with Crippen molar-refractivity contribution in [3.05, 3.63) is 35.4 Å². The summed E-state index contributed by atoms with van der Waals surface area (Å²) in [4.78, 5) is 0. The maximum atomic E-state index is 3.65. The van der Waals surface area contributed by atoms with Crippen molar-refractivity contribution >= 4 is 0 Å². The molecule has 0 aromatic heterocycles. The van der Waals surface area contributed by atoms with Crippen LogP contribution in [0.3, 0.4) is 0 Å². The van der Waals surface area contributed by atoms with E-state index in [1.54, 1.807) is 0 Å². The Morgan fingerprint density at radius 2 is 2.06 bits per heavy atom. The highest BCUT2D eigenvalue weighted by molar-refractivity contribution is 5.25. The molecular weight excluding hydrogens is 206 g/mol. The number of aryl methyl sites for hydroxylation is 2. The molecule has 1 heteroatoms. The van der Waals surface area contributed by atoms with E-state index in [0.717, 1.165) is 18.5 Å². The van der Waals surface area contributed by atoms with Crippen LogP contribution in [0.2, 0.25) is 0 Å². The summed E-state index contributed by atoms with van der Waals surface area (Å²) in [6, 6.07) is 9.56. The number of benzene rings is 1. The number of nitrogens with one attached hydrogen (secondary N) is 1. The second kappa shape index (κ2) is 6.20. The highest BCUT2D eigenvalue weighted by atomic mass is 14.9. The highest BCUT2D eigenvalue weighted by Gasteiger charge is 2.29. The van der Waals surface area contributed by atoms with Crippen molar-refractivity contribution in [3.8, 4) is 0 Å². The van der Waals surface area contributed by atoms with Gasteiger partial charge in [0.15, 0.2) is 0 Å². The first kappa shape index (κ1) is 12.6. The van der Waals surface area contributed by atoms with Gasteiger partial charge in [0.05, 0.1) is 0 Å². The first-order chi connectivity index (χ1) is 8.31. The van der Waals surface area contributed by atoms with Crippen LogP contribution in [0, 0.1) is 12.8 Å². The second-order valence-corrected chi connectivity index (χ2v) is 5.32. The molecule has 1 aliphatic rings. The lowest BCUT2D eigenvalue weighted by molar-refractivity contribution is 0.434. The first-order valence-electron chi connectivity index (χ1n) is 7.09. The van der Waals surface area contributed by atoms with Crippen LogP contribution in [0.15, 0.2) is 24.3 Å². The highest BCUT2D eigenvalue weighted by Crippen LogP contribution is 2.34. The third-order valence-electron chi connectivity index (χ3n) is 3.88. The molecule has 0 radical (unpaired) electrons. The lowest BCUT2D eigenvalue weighted by Gasteiger charge is -2.17. The van der Waals surface area contributed by atoms with Crippen LogP contribution < -0.4 is 5.32 Å². The lowest BCUT2D eigenvalue weighted by Crippen LogP contribution is -2.30. The lowest BCUT2D eigenvalue weighted by atomic mass is 9.99. The predicted molar refractivity (Wildman–Crippen MR) is 74.3 cm³/mol. The summed E-state index contributed by atoms with van der Waals surface area (Å²) in [6.07, 6.45) is 6.79.